The van der Waals surface area contributed by atoms with Crippen LogP contribution in [0.25, 0.3) is 17.1 Å². The second-order valence-electron chi connectivity index (χ2n) is 6.57. The van der Waals surface area contributed by atoms with Crippen LogP contribution in [0, 0.1) is 11.3 Å². The molecule has 0 bridgehead atoms. The number of hydrogen-bond acceptors (Lipinski definition) is 4. The van der Waals surface area contributed by atoms with Gasteiger partial charge in [-0.3, -0.25) is 4.79 Å². The topological polar surface area (TPSA) is 100 Å². The number of fused-ring (bicyclic) bond motifs is 1. The second kappa shape index (κ2) is 9.52. The lowest BCUT2D eigenvalue weighted by Crippen LogP contribution is -2.21. The molecule has 7 heteroatoms. The first-order chi connectivity index (χ1) is 14.5. The van der Waals surface area contributed by atoms with Crippen molar-refractivity contribution in [2.75, 3.05) is 6.61 Å². The number of carbonyl (C=O) groups excluding carboxylic acids is 2. The van der Waals surface area contributed by atoms with Crippen LogP contribution in [0.15, 0.2) is 53.5 Å². The summed E-state index contributed by atoms with van der Waals surface area (Å²) in [5.74, 6) is -0.822. The lowest BCUT2D eigenvalue weighted by atomic mass is 10.1. The molecule has 0 aliphatic carbocycles. The van der Waals surface area contributed by atoms with Gasteiger partial charge >= 0.3 is 5.97 Å². The average Bonchev–Trinajstić information content (AvgIpc) is 3.09. The van der Waals surface area contributed by atoms with Crippen molar-refractivity contribution in [3.05, 3.63) is 70.8 Å². The number of rotatable bonds is 6. The van der Waals surface area contributed by atoms with Crippen LogP contribution in [0.2, 0.25) is 0 Å². The normalized spacial score (nSPS) is 11.7. The van der Waals surface area contributed by atoms with Gasteiger partial charge in [0, 0.05) is 18.2 Å². The van der Waals surface area contributed by atoms with Gasteiger partial charge in [0.05, 0.1) is 29.3 Å². The van der Waals surface area contributed by atoms with E-state index < -0.39 is 11.9 Å². The van der Waals surface area contributed by atoms with Gasteiger partial charge in [0.1, 0.15) is 0 Å². The van der Waals surface area contributed by atoms with Gasteiger partial charge in [-0.15, -0.1) is 0 Å². The minimum Gasteiger partial charge on any atom is -0.463 e. The van der Waals surface area contributed by atoms with Gasteiger partial charge in [0.15, 0.2) is 0 Å². The number of ether oxygens (including phenoxy) is 1. The molecule has 0 fully saturated rings. The van der Waals surface area contributed by atoms with Crippen molar-refractivity contribution in [1.82, 2.24) is 9.55 Å². The van der Waals surface area contributed by atoms with Gasteiger partial charge in [-0.05, 0) is 55.3 Å². The Bertz CT molecular complexity index is 1230. The van der Waals surface area contributed by atoms with Crippen molar-refractivity contribution in [3.8, 4) is 6.07 Å². The number of carbonyl (C=O) groups is 2. The van der Waals surface area contributed by atoms with Crippen LogP contribution in [0.4, 0.5) is 0 Å². The maximum atomic E-state index is 12.6. The van der Waals surface area contributed by atoms with Crippen LogP contribution in [-0.2, 0) is 16.1 Å². The monoisotopic (exact) mass is 402 g/mol. The zero-order valence-electron chi connectivity index (χ0n) is 16.9. The summed E-state index contributed by atoms with van der Waals surface area (Å²) in [7, 11) is 0. The van der Waals surface area contributed by atoms with E-state index >= 15 is 0 Å². The second-order valence-corrected chi connectivity index (χ2v) is 6.57. The van der Waals surface area contributed by atoms with Gasteiger partial charge in [0.25, 0.3) is 5.91 Å². The Balaban J connectivity index is 2.02. The summed E-state index contributed by atoms with van der Waals surface area (Å²) < 4.78 is 6.84. The van der Waals surface area contributed by atoms with Crippen molar-refractivity contribution in [2.45, 2.75) is 26.8 Å². The van der Waals surface area contributed by atoms with E-state index in [-0.39, 0.29) is 0 Å². The number of aromatic nitrogens is 2. The van der Waals surface area contributed by atoms with Crippen LogP contribution in [0.5, 0.6) is 0 Å². The molecule has 1 aromatic heterocycles. The quantitative estimate of drug-likeness (QED) is 0.503. The number of nitrogens with one attached hydrogen (secondary N) is 1. The van der Waals surface area contributed by atoms with Crippen molar-refractivity contribution in [2.24, 2.45) is 4.99 Å². The number of nitrogens with zero attached hydrogens (tertiary/aromatic N) is 3. The molecule has 0 atom stereocenters. The number of hydrogen-bond donors (Lipinski definition) is 1. The van der Waals surface area contributed by atoms with Crippen molar-refractivity contribution < 1.29 is 14.3 Å². The van der Waals surface area contributed by atoms with E-state index in [1.54, 1.807) is 31.2 Å². The Morgan fingerprint density at radius 3 is 2.80 bits per heavy atom. The van der Waals surface area contributed by atoms with E-state index in [4.69, 9.17) is 10.00 Å². The molecule has 0 radical (unpaired) electrons. The number of aromatic amines is 1. The third-order valence-electron chi connectivity index (χ3n) is 4.41. The molecule has 7 nitrogen and oxygen atoms in total. The summed E-state index contributed by atoms with van der Waals surface area (Å²) in [6.45, 7) is 4.81. The van der Waals surface area contributed by atoms with Crippen molar-refractivity contribution in [3.63, 3.8) is 0 Å². The highest BCUT2D eigenvalue weighted by Gasteiger charge is 2.09. The molecule has 0 spiro atoms. The molecular weight excluding hydrogens is 380 g/mol. The Morgan fingerprint density at radius 1 is 1.23 bits per heavy atom. The minimum atomic E-state index is -0.425. The highest BCUT2D eigenvalue weighted by molar-refractivity contribution is 5.95. The van der Waals surface area contributed by atoms with E-state index in [2.05, 4.69) is 9.98 Å². The van der Waals surface area contributed by atoms with Gasteiger partial charge in [0.2, 0.25) is 5.62 Å². The Labute approximate surface area is 173 Å². The third-order valence-corrected chi connectivity index (χ3v) is 4.41. The fourth-order valence-electron chi connectivity index (χ4n) is 3.07. The highest BCUT2D eigenvalue weighted by Crippen LogP contribution is 2.15. The third kappa shape index (κ3) is 4.73. The summed E-state index contributed by atoms with van der Waals surface area (Å²) in [4.78, 5) is 31.6. The number of aryl methyl sites for hydroxylation is 1. The maximum Gasteiger partial charge on any atom is 0.330 e. The Kier molecular flexibility index (Phi) is 6.60. The molecule has 1 amide bonds. The van der Waals surface area contributed by atoms with E-state index in [0.717, 1.165) is 23.0 Å². The molecule has 0 aliphatic rings. The lowest BCUT2D eigenvalue weighted by molar-refractivity contribution is -0.137. The van der Waals surface area contributed by atoms with Crippen molar-refractivity contribution in [1.29, 1.82) is 5.26 Å². The summed E-state index contributed by atoms with van der Waals surface area (Å²) in [5, 5.41) is 9.04. The van der Waals surface area contributed by atoms with Crippen LogP contribution in [0.1, 0.15) is 41.8 Å². The largest absolute Gasteiger partial charge is 0.463 e. The van der Waals surface area contributed by atoms with Crippen LogP contribution >= 0.6 is 0 Å². The maximum absolute atomic E-state index is 12.6. The zero-order chi connectivity index (χ0) is 21.5. The molecule has 0 unspecified atom stereocenters. The first-order valence-electron chi connectivity index (χ1n) is 9.72. The highest BCUT2D eigenvalue weighted by atomic mass is 16.5. The molecular formula is C23H22N4O3. The fourth-order valence-corrected chi connectivity index (χ4v) is 3.07. The van der Waals surface area contributed by atoms with Crippen molar-refractivity contribution >= 4 is 29.0 Å². The van der Waals surface area contributed by atoms with E-state index in [0.29, 0.717) is 29.9 Å². The number of H-pyrrole nitrogens is 1. The number of imidazole rings is 1. The number of amides is 1. The first-order valence-corrected chi connectivity index (χ1v) is 9.72. The summed E-state index contributed by atoms with van der Waals surface area (Å²) >= 11 is 0. The number of benzene rings is 2. The minimum absolute atomic E-state index is 0.325. The van der Waals surface area contributed by atoms with Crippen LogP contribution < -0.4 is 5.62 Å². The molecule has 30 heavy (non-hydrogen) atoms. The molecule has 2 aromatic carbocycles. The van der Waals surface area contributed by atoms with E-state index in [1.165, 1.54) is 12.1 Å². The number of nitriles is 1. The molecule has 3 rings (SSSR count). The summed E-state index contributed by atoms with van der Waals surface area (Å²) in [6, 6.07) is 14.2. The van der Waals surface area contributed by atoms with Gasteiger partial charge in [-0.25, -0.2) is 4.79 Å². The summed E-state index contributed by atoms with van der Waals surface area (Å²) in [6.07, 6.45) is 3.92. The lowest BCUT2D eigenvalue weighted by Gasteiger charge is -2.03. The molecule has 0 aliphatic heterocycles. The molecule has 0 saturated carbocycles. The first kappa shape index (κ1) is 20.8. The van der Waals surface area contributed by atoms with E-state index in [9.17, 15) is 9.59 Å². The predicted octanol–water partition coefficient (Wildman–Crippen LogP) is 3.57. The van der Waals surface area contributed by atoms with Crippen LogP contribution in [0.3, 0.4) is 0 Å². The van der Waals surface area contributed by atoms with Gasteiger partial charge in [-0.2, -0.15) is 10.3 Å². The SMILES string of the molecule is CCCn1/c(=N/C(=O)c2cccc(C#N)c2)[nH]c2cc(/C=C/C(=O)OCC)ccc21. The Morgan fingerprint density at radius 2 is 2.07 bits per heavy atom. The number of esters is 1. The van der Waals surface area contributed by atoms with Crippen LogP contribution in [-0.4, -0.2) is 28.0 Å². The smallest absolute Gasteiger partial charge is 0.330 e. The zero-order valence-corrected chi connectivity index (χ0v) is 16.9. The molecule has 1 N–H and O–H groups in total. The molecule has 1 heterocycles. The standard InChI is InChI=1S/C23H22N4O3/c1-3-12-27-20-10-8-16(9-11-21(28)30-4-2)14-19(20)25-23(27)26-22(29)18-7-5-6-17(13-18)15-24/h5-11,13-14H,3-4,12H2,1-2H3,(H,25,26,29)/b11-9+. The fraction of sp³-hybridized carbons (Fsp3) is 0.217. The van der Waals surface area contributed by atoms with Gasteiger partial charge in [-0.1, -0.05) is 19.1 Å². The predicted molar refractivity (Wildman–Crippen MR) is 113 cm³/mol. The molecule has 3 aromatic rings. The average molecular weight is 402 g/mol. The molecule has 0 saturated heterocycles. The molecule has 152 valence electrons. The summed E-state index contributed by atoms with van der Waals surface area (Å²) in [5.41, 5.74) is 3.72. The van der Waals surface area contributed by atoms with E-state index in [1.807, 2.05) is 35.8 Å². The Hall–Kier alpha value is -3.92. The van der Waals surface area contributed by atoms with Gasteiger partial charge < -0.3 is 14.3 Å².